The molecule has 23 heavy (non-hydrogen) atoms. The second-order valence-corrected chi connectivity index (χ2v) is 7.00. The Balaban J connectivity index is 0.00000192. The van der Waals surface area contributed by atoms with Gasteiger partial charge < -0.3 is 10.6 Å². The first-order valence-electron chi connectivity index (χ1n) is 7.41. The standard InChI is InChI=1S/C16H18ClN3OS.ClH/c17-13-3-1-2-11(8-13)9-14-10-19-16(22-14)20-15(21)12-4-6-18-7-5-12;/h1-3,8,10,12,18H,4-7,9H2,(H,19,20,21);1H. The van der Waals surface area contributed by atoms with Gasteiger partial charge in [-0.1, -0.05) is 23.7 Å². The Morgan fingerprint density at radius 1 is 1.39 bits per heavy atom. The minimum Gasteiger partial charge on any atom is -0.317 e. The molecule has 2 aromatic rings. The van der Waals surface area contributed by atoms with Gasteiger partial charge in [-0.3, -0.25) is 4.79 Å². The molecule has 1 aromatic heterocycles. The number of nitrogens with zero attached hydrogens (tertiary/aromatic N) is 1. The molecule has 1 fully saturated rings. The molecule has 1 aliphatic heterocycles. The molecule has 2 heterocycles. The fourth-order valence-corrected chi connectivity index (χ4v) is 3.65. The first kappa shape index (κ1) is 18.2. The number of anilines is 1. The van der Waals surface area contributed by atoms with Gasteiger partial charge in [0.1, 0.15) is 0 Å². The van der Waals surface area contributed by atoms with Gasteiger partial charge in [0, 0.05) is 28.4 Å². The van der Waals surface area contributed by atoms with Crippen molar-refractivity contribution in [2.75, 3.05) is 18.4 Å². The maximum absolute atomic E-state index is 12.2. The maximum atomic E-state index is 12.2. The van der Waals surface area contributed by atoms with E-state index in [2.05, 4.69) is 15.6 Å². The molecule has 1 amide bonds. The van der Waals surface area contributed by atoms with E-state index in [9.17, 15) is 4.79 Å². The lowest BCUT2D eigenvalue weighted by Gasteiger charge is -2.20. The van der Waals surface area contributed by atoms with Crippen molar-refractivity contribution in [3.63, 3.8) is 0 Å². The van der Waals surface area contributed by atoms with E-state index in [-0.39, 0.29) is 24.2 Å². The molecule has 0 saturated carbocycles. The molecule has 0 spiro atoms. The van der Waals surface area contributed by atoms with Gasteiger partial charge in [-0.2, -0.15) is 0 Å². The van der Waals surface area contributed by atoms with E-state index in [1.54, 1.807) is 0 Å². The molecular formula is C16H19Cl2N3OS. The molecule has 2 N–H and O–H groups in total. The highest BCUT2D eigenvalue weighted by molar-refractivity contribution is 7.15. The summed E-state index contributed by atoms with van der Waals surface area (Å²) in [5, 5.41) is 7.63. The van der Waals surface area contributed by atoms with E-state index >= 15 is 0 Å². The van der Waals surface area contributed by atoms with E-state index in [1.807, 2.05) is 30.5 Å². The minimum absolute atomic E-state index is 0. The normalized spacial score (nSPS) is 15.0. The molecule has 0 radical (unpaired) electrons. The summed E-state index contributed by atoms with van der Waals surface area (Å²) in [6.45, 7) is 1.83. The van der Waals surface area contributed by atoms with Crippen LogP contribution in [0.2, 0.25) is 5.02 Å². The van der Waals surface area contributed by atoms with E-state index < -0.39 is 0 Å². The van der Waals surface area contributed by atoms with Crippen LogP contribution in [0.25, 0.3) is 0 Å². The third-order valence-electron chi connectivity index (χ3n) is 3.76. The molecule has 4 nitrogen and oxygen atoms in total. The Hall–Kier alpha value is -1.14. The summed E-state index contributed by atoms with van der Waals surface area (Å²) < 4.78 is 0. The molecule has 1 aromatic carbocycles. The zero-order valence-corrected chi connectivity index (χ0v) is 14.9. The molecule has 0 bridgehead atoms. The summed E-state index contributed by atoms with van der Waals surface area (Å²) in [5.41, 5.74) is 1.15. The van der Waals surface area contributed by atoms with Gasteiger partial charge in [0.2, 0.25) is 5.91 Å². The number of amides is 1. The van der Waals surface area contributed by atoms with E-state index in [0.29, 0.717) is 5.13 Å². The van der Waals surface area contributed by atoms with Crippen molar-refractivity contribution in [2.45, 2.75) is 19.3 Å². The van der Waals surface area contributed by atoms with Crippen LogP contribution >= 0.6 is 35.3 Å². The highest BCUT2D eigenvalue weighted by Gasteiger charge is 2.21. The monoisotopic (exact) mass is 371 g/mol. The molecule has 124 valence electrons. The van der Waals surface area contributed by atoms with Crippen LogP contribution in [0, 0.1) is 5.92 Å². The predicted molar refractivity (Wildman–Crippen MR) is 97.8 cm³/mol. The molecule has 7 heteroatoms. The number of hydrogen-bond acceptors (Lipinski definition) is 4. The lowest BCUT2D eigenvalue weighted by molar-refractivity contribution is -0.120. The number of rotatable bonds is 4. The Morgan fingerprint density at radius 2 is 2.17 bits per heavy atom. The summed E-state index contributed by atoms with van der Waals surface area (Å²) >= 11 is 7.52. The summed E-state index contributed by atoms with van der Waals surface area (Å²) in [7, 11) is 0. The number of halogens is 2. The lowest BCUT2D eigenvalue weighted by Crippen LogP contribution is -2.34. The number of carbonyl (C=O) groups is 1. The first-order chi connectivity index (χ1) is 10.7. The summed E-state index contributed by atoms with van der Waals surface area (Å²) in [4.78, 5) is 17.6. The Morgan fingerprint density at radius 3 is 2.91 bits per heavy atom. The second kappa shape index (κ2) is 8.64. The van der Waals surface area contributed by atoms with Crippen molar-refractivity contribution in [2.24, 2.45) is 5.92 Å². The lowest BCUT2D eigenvalue weighted by atomic mass is 9.97. The molecule has 3 rings (SSSR count). The third-order valence-corrected chi connectivity index (χ3v) is 4.91. The Labute approximate surface area is 151 Å². The number of aromatic nitrogens is 1. The number of hydrogen-bond donors (Lipinski definition) is 2. The first-order valence-corrected chi connectivity index (χ1v) is 8.61. The van der Waals surface area contributed by atoms with Crippen LogP contribution in [0.5, 0.6) is 0 Å². The van der Waals surface area contributed by atoms with Crippen LogP contribution in [-0.4, -0.2) is 24.0 Å². The van der Waals surface area contributed by atoms with Crippen molar-refractivity contribution >= 4 is 46.4 Å². The fourth-order valence-electron chi connectivity index (χ4n) is 2.59. The summed E-state index contributed by atoms with van der Waals surface area (Å²) in [6, 6.07) is 7.80. The zero-order chi connectivity index (χ0) is 15.4. The molecule has 0 unspecified atom stereocenters. The van der Waals surface area contributed by atoms with Gasteiger partial charge in [-0.25, -0.2) is 4.98 Å². The van der Waals surface area contributed by atoms with Crippen molar-refractivity contribution in [1.82, 2.24) is 10.3 Å². The van der Waals surface area contributed by atoms with Gasteiger partial charge in [0.15, 0.2) is 5.13 Å². The van der Waals surface area contributed by atoms with Crippen molar-refractivity contribution < 1.29 is 4.79 Å². The largest absolute Gasteiger partial charge is 0.317 e. The van der Waals surface area contributed by atoms with E-state index in [0.717, 1.165) is 47.8 Å². The van der Waals surface area contributed by atoms with Crippen LogP contribution in [0.15, 0.2) is 30.5 Å². The third kappa shape index (κ3) is 5.18. The zero-order valence-electron chi connectivity index (χ0n) is 12.5. The van der Waals surface area contributed by atoms with Crippen LogP contribution in [0.3, 0.4) is 0 Å². The summed E-state index contributed by atoms with van der Waals surface area (Å²) in [6.07, 6.45) is 4.39. The number of benzene rings is 1. The fraction of sp³-hybridized carbons (Fsp3) is 0.375. The van der Waals surface area contributed by atoms with Crippen molar-refractivity contribution in [3.8, 4) is 0 Å². The van der Waals surface area contributed by atoms with Gasteiger partial charge in [0.05, 0.1) is 0 Å². The van der Waals surface area contributed by atoms with Gasteiger partial charge in [0.25, 0.3) is 0 Å². The summed E-state index contributed by atoms with van der Waals surface area (Å²) in [5.74, 6) is 0.187. The molecule has 1 saturated heterocycles. The van der Waals surface area contributed by atoms with Crippen molar-refractivity contribution in [1.29, 1.82) is 0 Å². The van der Waals surface area contributed by atoms with E-state index in [1.165, 1.54) is 11.3 Å². The van der Waals surface area contributed by atoms with Crippen LogP contribution in [0.4, 0.5) is 5.13 Å². The molecule has 0 aliphatic carbocycles. The molecule has 0 atom stereocenters. The SMILES string of the molecule is Cl.O=C(Nc1ncc(Cc2cccc(Cl)c2)s1)C1CCNCC1. The second-order valence-electron chi connectivity index (χ2n) is 5.45. The average Bonchev–Trinajstić information content (AvgIpc) is 2.95. The number of carbonyl (C=O) groups excluding carboxylic acids is 1. The average molecular weight is 372 g/mol. The highest BCUT2D eigenvalue weighted by Crippen LogP contribution is 2.23. The molecule has 1 aliphatic rings. The predicted octanol–water partition coefficient (Wildman–Crippen LogP) is 3.75. The smallest absolute Gasteiger partial charge is 0.229 e. The number of piperidine rings is 1. The Kier molecular flexibility index (Phi) is 6.84. The minimum atomic E-state index is 0. The molecular weight excluding hydrogens is 353 g/mol. The maximum Gasteiger partial charge on any atom is 0.229 e. The van der Waals surface area contributed by atoms with Crippen molar-refractivity contribution in [3.05, 3.63) is 45.9 Å². The van der Waals surface area contributed by atoms with Crippen LogP contribution in [0.1, 0.15) is 23.3 Å². The van der Waals surface area contributed by atoms with Crippen LogP contribution < -0.4 is 10.6 Å². The van der Waals surface area contributed by atoms with Gasteiger partial charge in [-0.15, -0.1) is 23.7 Å². The highest BCUT2D eigenvalue weighted by atomic mass is 35.5. The van der Waals surface area contributed by atoms with Gasteiger partial charge >= 0.3 is 0 Å². The topological polar surface area (TPSA) is 54.0 Å². The quantitative estimate of drug-likeness (QED) is 0.860. The Bertz CT molecular complexity index is 656. The number of thiazole rings is 1. The van der Waals surface area contributed by atoms with Crippen LogP contribution in [-0.2, 0) is 11.2 Å². The van der Waals surface area contributed by atoms with Gasteiger partial charge in [-0.05, 0) is 43.6 Å². The van der Waals surface area contributed by atoms with E-state index in [4.69, 9.17) is 11.6 Å². The number of nitrogens with one attached hydrogen (secondary N) is 2.